The maximum Gasteiger partial charge on any atom is 0.292 e. The molecule has 4 nitrogen and oxygen atoms in total. The van der Waals surface area contributed by atoms with E-state index in [4.69, 9.17) is 9.72 Å². The molecular formula is C20H22N2O2S2. The number of aryl methyl sites for hydroxylation is 1. The number of benzene rings is 1. The third-order valence-electron chi connectivity index (χ3n) is 4.65. The first-order valence-electron chi connectivity index (χ1n) is 8.86. The fourth-order valence-electron chi connectivity index (χ4n) is 3.11. The van der Waals surface area contributed by atoms with Crippen LogP contribution in [0.3, 0.4) is 0 Å². The number of fused-ring (bicyclic) bond motifs is 1. The van der Waals surface area contributed by atoms with E-state index >= 15 is 0 Å². The van der Waals surface area contributed by atoms with Crippen molar-refractivity contribution < 1.29 is 4.74 Å². The van der Waals surface area contributed by atoms with Crippen LogP contribution >= 0.6 is 23.1 Å². The van der Waals surface area contributed by atoms with Gasteiger partial charge in [-0.15, -0.1) is 11.3 Å². The van der Waals surface area contributed by atoms with Crippen molar-refractivity contribution in [2.45, 2.75) is 31.4 Å². The van der Waals surface area contributed by atoms with E-state index in [0.29, 0.717) is 11.7 Å². The number of hydrogen-bond acceptors (Lipinski definition) is 5. The Morgan fingerprint density at radius 2 is 2.15 bits per heavy atom. The van der Waals surface area contributed by atoms with Crippen LogP contribution in [0, 0.1) is 0 Å². The number of aromatic nitrogens is 2. The van der Waals surface area contributed by atoms with E-state index < -0.39 is 0 Å². The average molecular weight is 387 g/mol. The van der Waals surface area contributed by atoms with Crippen molar-refractivity contribution >= 4 is 33.3 Å². The first kappa shape index (κ1) is 17.6. The van der Waals surface area contributed by atoms with Gasteiger partial charge in [0.15, 0.2) is 5.75 Å². The topological polar surface area (TPSA) is 44.1 Å². The minimum Gasteiger partial charge on any atom is -0.491 e. The van der Waals surface area contributed by atoms with Gasteiger partial charge in [0.1, 0.15) is 0 Å². The van der Waals surface area contributed by atoms with Gasteiger partial charge in [-0.2, -0.15) is 11.8 Å². The molecule has 6 heteroatoms. The van der Waals surface area contributed by atoms with Gasteiger partial charge in [-0.05, 0) is 42.4 Å². The molecule has 0 N–H and O–H groups in total. The number of rotatable bonds is 6. The maximum absolute atomic E-state index is 12.2. The van der Waals surface area contributed by atoms with Crippen molar-refractivity contribution in [1.82, 2.24) is 9.55 Å². The van der Waals surface area contributed by atoms with Crippen LogP contribution in [0.2, 0.25) is 0 Å². The lowest BCUT2D eigenvalue weighted by Gasteiger charge is -2.10. The number of thioether (sulfide) groups is 1. The molecule has 0 saturated heterocycles. The molecule has 1 fully saturated rings. The molecule has 2 heterocycles. The Morgan fingerprint density at radius 3 is 2.85 bits per heavy atom. The Bertz CT molecular complexity index is 1020. The molecule has 1 aliphatic carbocycles. The fourth-order valence-corrected chi connectivity index (χ4v) is 4.96. The van der Waals surface area contributed by atoms with Gasteiger partial charge in [-0.3, -0.25) is 4.79 Å². The molecule has 2 aromatic heterocycles. The first-order valence-corrected chi connectivity index (χ1v) is 10.8. The third-order valence-corrected chi connectivity index (χ3v) is 6.86. The lowest BCUT2D eigenvalue weighted by Crippen LogP contribution is -2.17. The van der Waals surface area contributed by atoms with Crippen LogP contribution < -0.4 is 10.3 Å². The number of hydrogen-bond donors (Lipinski definition) is 0. The van der Waals surface area contributed by atoms with Crippen molar-refractivity contribution in [3.05, 3.63) is 45.3 Å². The molecule has 0 bridgehead atoms. The van der Waals surface area contributed by atoms with Gasteiger partial charge in [0, 0.05) is 36.0 Å². The standard InChI is InChI=1S/C20H22N2O2S2/c1-4-25-11-12-7-15(14-9-17(24-3)20(23)22(2)10-14)18-16(8-12)21-19(26-18)13-5-6-13/h7-10,13H,4-6,11H2,1-3H3. The Morgan fingerprint density at radius 1 is 1.35 bits per heavy atom. The summed E-state index contributed by atoms with van der Waals surface area (Å²) in [5, 5.41) is 1.25. The summed E-state index contributed by atoms with van der Waals surface area (Å²) >= 11 is 3.71. The van der Waals surface area contributed by atoms with E-state index in [2.05, 4.69) is 19.1 Å². The normalized spacial score (nSPS) is 14.1. The molecule has 0 spiro atoms. The number of nitrogens with zero attached hydrogens (tertiary/aromatic N) is 2. The SMILES string of the molecule is CCSCc1cc(-c2cc(OC)c(=O)n(C)c2)c2sc(C3CC3)nc2c1. The van der Waals surface area contributed by atoms with Crippen molar-refractivity contribution in [2.24, 2.45) is 7.05 Å². The highest BCUT2D eigenvalue weighted by atomic mass is 32.2. The highest BCUT2D eigenvalue weighted by Crippen LogP contribution is 2.45. The Hall–Kier alpha value is -1.79. The lowest BCUT2D eigenvalue weighted by molar-refractivity contribution is 0.405. The minimum absolute atomic E-state index is 0.117. The molecule has 0 radical (unpaired) electrons. The van der Waals surface area contributed by atoms with E-state index in [0.717, 1.165) is 28.1 Å². The molecule has 0 aliphatic heterocycles. The quantitative estimate of drug-likeness (QED) is 0.610. The second-order valence-electron chi connectivity index (χ2n) is 6.67. The largest absolute Gasteiger partial charge is 0.491 e. The summed E-state index contributed by atoms with van der Waals surface area (Å²) in [7, 11) is 3.31. The van der Waals surface area contributed by atoms with E-state index in [1.54, 1.807) is 30.1 Å². The van der Waals surface area contributed by atoms with Gasteiger partial charge < -0.3 is 9.30 Å². The number of ether oxygens (including phenoxy) is 1. The Labute approximate surface area is 161 Å². The molecule has 4 rings (SSSR count). The van der Waals surface area contributed by atoms with Crippen LogP contribution in [0.25, 0.3) is 21.3 Å². The van der Waals surface area contributed by atoms with Gasteiger partial charge in [-0.1, -0.05) is 6.92 Å². The average Bonchev–Trinajstić information content (AvgIpc) is 3.40. The van der Waals surface area contributed by atoms with Crippen LogP contribution in [-0.4, -0.2) is 22.4 Å². The Kier molecular flexibility index (Phi) is 4.80. The summed E-state index contributed by atoms with van der Waals surface area (Å²) in [6.45, 7) is 2.18. The molecule has 0 atom stereocenters. The van der Waals surface area contributed by atoms with Gasteiger partial charge >= 0.3 is 0 Å². The zero-order chi connectivity index (χ0) is 18.3. The predicted octanol–water partition coefficient (Wildman–Crippen LogP) is 4.80. The summed E-state index contributed by atoms with van der Waals surface area (Å²) in [5.74, 6) is 3.08. The van der Waals surface area contributed by atoms with E-state index in [1.165, 1.54) is 28.1 Å². The van der Waals surface area contributed by atoms with Crippen molar-refractivity contribution in [3.63, 3.8) is 0 Å². The third kappa shape index (κ3) is 3.28. The van der Waals surface area contributed by atoms with Crippen molar-refractivity contribution in [1.29, 1.82) is 0 Å². The number of methoxy groups -OCH3 is 1. The fraction of sp³-hybridized carbons (Fsp3) is 0.400. The summed E-state index contributed by atoms with van der Waals surface area (Å²) < 4.78 is 8.10. The molecule has 1 aromatic carbocycles. The maximum atomic E-state index is 12.2. The van der Waals surface area contributed by atoms with E-state index in [1.807, 2.05) is 24.0 Å². The molecule has 1 saturated carbocycles. The smallest absolute Gasteiger partial charge is 0.292 e. The Balaban J connectivity index is 1.91. The lowest BCUT2D eigenvalue weighted by atomic mass is 10.0. The second kappa shape index (κ2) is 7.08. The highest BCUT2D eigenvalue weighted by Gasteiger charge is 2.27. The molecular weight excluding hydrogens is 364 g/mol. The summed E-state index contributed by atoms with van der Waals surface area (Å²) in [5.41, 5.74) is 4.39. The monoisotopic (exact) mass is 386 g/mol. The first-order chi connectivity index (χ1) is 12.6. The van der Waals surface area contributed by atoms with Gasteiger partial charge in [0.25, 0.3) is 5.56 Å². The molecule has 3 aromatic rings. The van der Waals surface area contributed by atoms with Gasteiger partial charge in [-0.25, -0.2) is 4.98 Å². The minimum atomic E-state index is -0.117. The van der Waals surface area contributed by atoms with Crippen molar-refractivity contribution in [3.8, 4) is 16.9 Å². The van der Waals surface area contributed by atoms with E-state index in [-0.39, 0.29) is 5.56 Å². The molecule has 136 valence electrons. The zero-order valence-corrected chi connectivity index (χ0v) is 16.9. The summed E-state index contributed by atoms with van der Waals surface area (Å²) in [4.78, 5) is 17.1. The van der Waals surface area contributed by atoms with Crippen molar-refractivity contribution in [2.75, 3.05) is 12.9 Å². The highest BCUT2D eigenvalue weighted by molar-refractivity contribution is 7.98. The summed E-state index contributed by atoms with van der Waals surface area (Å²) in [6, 6.07) is 6.33. The molecule has 1 aliphatic rings. The molecule has 0 amide bonds. The second-order valence-corrected chi connectivity index (χ2v) is 8.97. The van der Waals surface area contributed by atoms with E-state index in [9.17, 15) is 4.79 Å². The van der Waals surface area contributed by atoms with Gasteiger partial charge in [0.2, 0.25) is 0 Å². The molecule has 0 unspecified atom stereocenters. The van der Waals surface area contributed by atoms with Gasteiger partial charge in [0.05, 0.1) is 22.3 Å². The molecule has 26 heavy (non-hydrogen) atoms. The van der Waals surface area contributed by atoms with Crippen LogP contribution in [-0.2, 0) is 12.8 Å². The number of pyridine rings is 1. The number of thiazole rings is 1. The predicted molar refractivity (Wildman–Crippen MR) is 111 cm³/mol. The summed E-state index contributed by atoms with van der Waals surface area (Å²) in [6.07, 6.45) is 4.40. The van der Waals surface area contributed by atoms with Crippen LogP contribution in [0.1, 0.15) is 36.3 Å². The zero-order valence-electron chi connectivity index (χ0n) is 15.2. The van der Waals surface area contributed by atoms with Crippen LogP contribution in [0.15, 0.2) is 29.2 Å². The van der Waals surface area contributed by atoms with Crippen LogP contribution in [0.4, 0.5) is 0 Å². The van der Waals surface area contributed by atoms with Crippen LogP contribution in [0.5, 0.6) is 5.75 Å².